The Balaban J connectivity index is 1.68. The largest absolute Gasteiger partial charge is 0.415 e. The normalized spacial score (nSPS) is 18.0. The molecule has 2 aromatic rings. The first-order valence-electron chi connectivity index (χ1n) is 7.12. The highest BCUT2D eigenvalue weighted by Gasteiger charge is 2.28. The lowest BCUT2D eigenvalue weighted by molar-refractivity contribution is -0.0234. The monoisotopic (exact) mass is 301 g/mol. The summed E-state index contributed by atoms with van der Waals surface area (Å²) in [6, 6.07) is 15.3. The van der Waals surface area contributed by atoms with Gasteiger partial charge in [0.15, 0.2) is 0 Å². The standard InChI is InChI=1S/C17H16FNO3/c18-15-9-5-4-8-14(15)16-12-19(10-11-21-16)17(20)22-13-6-2-1-3-7-13/h1-9,16H,10-12H2. The molecule has 0 spiro atoms. The number of nitrogens with zero attached hydrogens (tertiary/aromatic N) is 1. The van der Waals surface area contributed by atoms with E-state index < -0.39 is 12.2 Å². The third kappa shape index (κ3) is 3.26. The van der Waals surface area contributed by atoms with Crippen LogP contribution in [-0.2, 0) is 4.74 Å². The lowest BCUT2D eigenvalue weighted by Gasteiger charge is -2.32. The second-order valence-corrected chi connectivity index (χ2v) is 5.01. The van der Waals surface area contributed by atoms with Gasteiger partial charge in [-0.2, -0.15) is 0 Å². The first kappa shape index (κ1) is 14.5. The highest BCUT2D eigenvalue weighted by atomic mass is 19.1. The molecule has 1 unspecified atom stereocenters. The van der Waals surface area contributed by atoms with E-state index in [0.717, 1.165) is 0 Å². The predicted molar refractivity (Wildman–Crippen MR) is 79.1 cm³/mol. The van der Waals surface area contributed by atoms with Crippen LogP contribution in [0.5, 0.6) is 5.75 Å². The van der Waals surface area contributed by atoms with Crippen LogP contribution < -0.4 is 4.74 Å². The maximum Gasteiger partial charge on any atom is 0.415 e. The molecule has 1 atom stereocenters. The quantitative estimate of drug-likeness (QED) is 0.853. The molecule has 0 aliphatic carbocycles. The molecule has 0 N–H and O–H groups in total. The van der Waals surface area contributed by atoms with E-state index in [1.165, 1.54) is 11.0 Å². The van der Waals surface area contributed by atoms with Crippen LogP contribution in [-0.4, -0.2) is 30.7 Å². The number of hydrogen-bond donors (Lipinski definition) is 0. The van der Waals surface area contributed by atoms with Gasteiger partial charge in [-0.25, -0.2) is 9.18 Å². The first-order valence-corrected chi connectivity index (χ1v) is 7.12. The zero-order valence-corrected chi connectivity index (χ0v) is 11.9. The zero-order chi connectivity index (χ0) is 15.4. The lowest BCUT2D eigenvalue weighted by atomic mass is 10.1. The Kier molecular flexibility index (Phi) is 4.34. The Morgan fingerprint density at radius 1 is 1.14 bits per heavy atom. The molecule has 1 heterocycles. The average Bonchev–Trinajstić information content (AvgIpc) is 2.56. The lowest BCUT2D eigenvalue weighted by Crippen LogP contribution is -2.43. The average molecular weight is 301 g/mol. The fraction of sp³-hybridized carbons (Fsp3) is 0.235. The molecule has 1 aliphatic rings. The third-order valence-electron chi connectivity index (χ3n) is 3.53. The van der Waals surface area contributed by atoms with Gasteiger partial charge in [0.05, 0.1) is 13.2 Å². The van der Waals surface area contributed by atoms with Gasteiger partial charge in [-0.1, -0.05) is 36.4 Å². The van der Waals surface area contributed by atoms with E-state index in [1.54, 1.807) is 42.5 Å². The van der Waals surface area contributed by atoms with E-state index in [2.05, 4.69) is 0 Å². The Morgan fingerprint density at radius 3 is 2.64 bits per heavy atom. The van der Waals surface area contributed by atoms with Crippen LogP contribution in [0.15, 0.2) is 54.6 Å². The molecule has 1 amide bonds. The van der Waals surface area contributed by atoms with Crippen LogP contribution >= 0.6 is 0 Å². The molecule has 2 aromatic carbocycles. The summed E-state index contributed by atoms with van der Waals surface area (Å²) in [5.74, 6) is 0.159. The molecule has 1 fully saturated rings. The van der Waals surface area contributed by atoms with Gasteiger partial charge < -0.3 is 14.4 Å². The highest BCUT2D eigenvalue weighted by molar-refractivity contribution is 5.70. The summed E-state index contributed by atoms with van der Waals surface area (Å²) in [5.41, 5.74) is 0.458. The van der Waals surface area contributed by atoms with E-state index in [9.17, 15) is 9.18 Å². The topological polar surface area (TPSA) is 38.8 Å². The summed E-state index contributed by atoms with van der Waals surface area (Å²) in [6.07, 6.45) is -0.922. The molecule has 3 rings (SSSR count). The van der Waals surface area contributed by atoms with Crippen LogP contribution in [0, 0.1) is 5.82 Å². The molecule has 0 aromatic heterocycles. The van der Waals surface area contributed by atoms with Gasteiger partial charge in [-0.05, 0) is 18.2 Å². The highest BCUT2D eigenvalue weighted by Crippen LogP contribution is 2.25. The SMILES string of the molecule is O=C(Oc1ccccc1)N1CCOC(c2ccccc2F)C1. The first-order chi connectivity index (χ1) is 10.7. The van der Waals surface area contributed by atoms with Crippen LogP contribution in [0.25, 0.3) is 0 Å². The molecule has 0 radical (unpaired) electrons. The fourth-order valence-corrected chi connectivity index (χ4v) is 2.39. The van der Waals surface area contributed by atoms with Crippen LogP contribution in [0.2, 0.25) is 0 Å². The molecule has 114 valence electrons. The van der Waals surface area contributed by atoms with Crippen molar-refractivity contribution in [2.75, 3.05) is 19.7 Å². The number of amides is 1. The van der Waals surface area contributed by atoms with Gasteiger partial charge in [0, 0.05) is 12.1 Å². The summed E-state index contributed by atoms with van der Waals surface area (Å²) >= 11 is 0. The number of hydrogen-bond acceptors (Lipinski definition) is 3. The maximum atomic E-state index is 13.8. The Morgan fingerprint density at radius 2 is 1.86 bits per heavy atom. The molecule has 0 bridgehead atoms. The number of rotatable bonds is 2. The third-order valence-corrected chi connectivity index (χ3v) is 3.53. The summed E-state index contributed by atoms with van der Waals surface area (Å²) in [7, 11) is 0. The minimum atomic E-state index is -0.474. The van der Waals surface area contributed by atoms with Crippen molar-refractivity contribution in [2.24, 2.45) is 0 Å². The zero-order valence-electron chi connectivity index (χ0n) is 11.9. The van der Waals surface area contributed by atoms with Crippen molar-refractivity contribution in [3.63, 3.8) is 0 Å². The summed E-state index contributed by atoms with van der Waals surface area (Å²) in [4.78, 5) is 13.7. The molecule has 4 nitrogen and oxygen atoms in total. The van der Waals surface area contributed by atoms with E-state index >= 15 is 0 Å². The van der Waals surface area contributed by atoms with Crippen molar-refractivity contribution in [1.82, 2.24) is 4.90 Å². The van der Waals surface area contributed by atoms with E-state index in [0.29, 0.717) is 24.5 Å². The number of para-hydroxylation sites is 1. The Hall–Kier alpha value is -2.40. The number of morpholine rings is 1. The van der Waals surface area contributed by atoms with Crippen molar-refractivity contribution >= 4 is 6.09 Å². The van der Waals surface area contributed by atoms with Gasteiger partial charge in [0.25, 0.3) is 0 Å². The Labute approximate surface area is 128 Å². The molecule has 22 heavy (non-hydrogen) atoms. The summed E-state index contributed by atoms with van der Waals surface area (Å²) < 4.78 is 24.7. The van der Waals surface area contributed by atoms with E-state index in [4.69, 9.17) is 9.47 Å². The molecule has 1 saturated heterocycles. The van der Waals surface area contributed by atoms with Crippen molar-refractivity contribution in [2.45, 2.75) is 6.10 Å². The summed E-state index contributed by atoms with van der Waals surface area (Å²) in [5, 5.41) is 0. The fourth-order valence-electron chi connectivity index (χ4n) is 2.39. The van der Waals surface area contributed by atoms with Crippen molar-refractivity contribution in [3.05, 3.63) is 66.0 Å². The summed E-state index contributed by atoms with van der Waals surface area (Å²) in [6.45, 7) is 1.05. The minimum Gasteiger partial charge on any atom is -0.410 e. The molecule has 1 aliphatic heterocycles. The van der Waals surface area contributed by atoms with Gasteiger partial charge >= 0.3 is 6.09 Å². The van der Waals surface area contributed by atoms with E-state index in [1.807, 2.05) is 6.07 Å². The number of ether oxygens (including phenoxy) is 2. The second-order valence-electron chi connectivity index (χ2n) is 5.01. The van der Waals surface area contributed by atoms with Crippen molar-refractivity contribution in [1.29, 1.82) is 0 Å². The molecule has 5 heteroatoms. The second kappa shape index (κ2) is 6.58. The molecule has 0 saturated carbocycles. The molecular weight excluding hydrogens is 285 g/mol. The van der Waals surface area contributed by atoms with Crippen molar-refractivity contribution in [3.8, 4) is 5.75 Å². The van der Waals surface area contributed by atoms with Crippen LogP contribution in [0.4, 0.5) is 9.18 Å². The van der Waals surface area contributed by atoms with Crippen molar-refractivity contribution < 1.29 is 18.7 Å². The van der Waals surface area contributed by atoms with Crippen LogP contribution in [0.3, 0.4) is 0 Å². The predicted octanol–water partition coefficient (Wildman–Crippen LogP) is 3.40. The number of carbonyl (C=O) groups excluding carboxylic acids is 1. The van der Waals surface area contributed by atoms with Crippen LogP contribution in [0.1, 0.15) is 11.7 Å². The number of benzene rings is 2. The van der Waals surface area contributed by atoms with Gasteiger partial charge in [0.1, 0.15) is 17.7 Å². The van der Waals surface area contributed by atoms with Gasteiger partial charge in [-0.3, -0.25) is 0 Å². The van der Waals surface area contributed by atoms with Gasteiger partial charge in [0.2, 0.25) is 0 Å². The number of halogens is 1. The smallest absolute Gasteiger partial charge is 0.410 e. The minimum absolute atomic E-state index is 0.270. The van der Waals surface area contributed by atoms with Gasteiger partial charge in [-0.15, -0.1) is 0 Å². The van der Waals surface area contributed by atoms with E-state index in [-0.39, 0.29) is 12.4 Å². The molecular formula is C17H16FNO3. The maximum absolute atomic E-state index is 13.8. The Bertz CT molecular complexity index is 647. The number of carbonyl (C=O) groups is 1.